The van der Waals surface area contributed by atoms with Crippen LogP contribution in [0, 0.1) is 6.92 Å². The predicted molar refractivity (Wildman–Crippen MR) is 83.3 cm³/mol. The van der Waals surface area contributed by atoms with E-state index in [0.29, 0.717) is 9.90 Å². The summed E-state index contributed by atoms with van der Waals surface area (Å²) in [7, 11) is -3.89. The third-order valence-corrected chi connectivity index (χ3v) is 5.96. The second-order valence-corrected chi connectivity index (χ2v) is 7.79. The molecule has 0 aliphatic carbocycles. The lowest BCUT2D eigenvalue weighted by molar-refractivity contribution is 0.0702. The van der Waals surface area contributed by atoms with Crippen LogP contribution in [0.1, 0.15) is 14.5 Å². The topological polar surface area (TPSA) is 83.5 Å². The number of aromatic carboxylic acids is 1. The smallest absolute Gasteiger partial charge is 0.345 e. The van der Waals surface area contributed by atoms with E-state index in [0.717, 1.165) is 17.4 Å². The van der Waals surface area contributed by atoms with E-state index in [4.69, 9.17) is 28.3 Å². The Kier molecular flexibility index (Phi) is 4.48. The summed E-state index contributed by atoms with van der Waals surface area (Å²) in [4.78, 5) is 11.2. The van der Waals surface area contributed by atoms with Crippen LogP contribution in [-0.4, -0.2) is 19.5 Å². The molecule has 0 aliphatic rings. The maximum Gasteiger partial charge on any atom is 0.345 e. The van der Waals surface area contributed by atoms with Crippen molar-refractivity contribution >= 4 is 56.2 Å². The maximum absolute atomic E-state index is 12.3. The van der Waals surface area contributed by atoms with Gasteiger partial charge in [0, 0.05) is 4.88 Å². The standard InChI is InChI=1S/C12H9Cl2NO4S2/c1-6-11(5-10(20-6)12(16)17)21(18,19)15-7-2-3-8(13)9(14)4-7/h2-5,15H,1H3,(H,16,17). The molecule has 0 amide bonds. The van der Waals surface area contributed by atoms with Gasteiger partial charge in [-0.3, -0.25) is 4.72 Å². The normalized spacial score (nSPS) is 11.4. The summed E-state index contributed by atoms with van der Waals surface area (Å²) in [5, 5.41) is 9.43. The van der Waals surface area contributed by atoms with Gasteiger partial charge in [-0.2, -0.15) is 0 Å². The summed E-state index contributed by atoms with van der Waals surface area (Å²) in [6.45, 7) is 1.54. The number of carbonyl (C=O) groups is 1. The molecule has 9 heteroatoms. The first-order valence-corrected chi connectivity index (χ1v) is 8.58. The summed E-state index contributed by atoms with van der Waals surface area (Å²) < 4.78 is 26.9. The van der Waals surface area contributed by atoms with Gasteiger partial charge >= 0.3 is 5.97 Å². The monoisotopic (exact) mass is 365 g/mol. The van der Waals surface area contributed by atoms with E-state index in [2.05, 4.69) is 4.72 Å². The lowest BCUT2D eigenvalue weighted by atomic mass is 10.3. The minimum Gasteiger partial charge on any atom is -0.477 e. The number of nitrogens with one attached hydrogen (secondary N) is 1. The number of hydrogen-bond acceptors (Lipinski definition) is 4. The summed E-state index contributed by atoms with van der Waals surface area (Å²) in [5.41, 5.74) is 0.242. The molecular weight excluding hydrogens is 357 g/mol. The van der Waals surface area contributed by atoms with E-state index < -0.39 is 16.0 Å². The number of hydrogen-bond donors (Lipinski definition) is 2. The number of halogens is 2. The Bertz CT molecular complexity index is 815. The van der Waals surface area contributed by atoms with Crippen molar-refractivity contribution in [2.45, 2.75) is 11.8 Å². The molecule has 0 radical (unpaired) electrons. The molecule has 0 saturated carbocycles. The van der Waals surface area contributed by atoms with Crippen molar-refractivity contribution in [1.82, 2.24) is 0 Å². The van der Waals surface area contributed by atoms with Crippen molar-refractivity contribution in [3.05, 3.63) is 44.1 Å². The zero-order valence-corrected chi connectivity index (χ0v) is 13.7. The molecule has 2 rings (SSSR count). The van der Waals surface area contributed by atoms with Crippen molar-refractivity contribution in [3.8, 4) is 0 Å². The highest BCUT2D eigenvalue weighted by molar-refractivity contribution is 7.93. The molecule has 1 aromatic heterocycles. The molecular formula is C12H9Cl2NO4S2. The molecule has 0 spiro atoms. The Hall–Kier alpha value is -1.28. The molecule has 1 aromatic carbocycles. The molecule has 0 atom stereocenters. The van der Waals surface area contributed by atoms with Gasteiger partial charge in [0.25, 0.3) is 10.0 Å². The SMILES string of the molecule is Cc1sc(C(=O)O)cc1S(=O)(=O)Nc1ccc(Cl)c(Cl)c1. The zero-order chi connectivity index (χ0) is 15.8. The highest BCUT2D eigenvalue weighted by Crippen LogP contribution is 2.29. The Labute approximate surface area is 135 Å². The fourth-order valence-corrected chi connectivity index (χ4v) is 4.39. The highest BCUT2D eigenvalue weighted by atomic mass is 35.5. The van der Waals surface area contributed by atoms with E-state index in [9.17, 15) is 13.2 Å². The van der Waals surface area contributed by atoms with Crippen LogP contribution >= 0.6 is 34.5 Å². The van der Waals surface area contributed by atoms with Crippen molar-refractivity contribution in [2.75, 3.05) is 4.72 Å². The quantitative estimate of drug-likeness (QED) is 0.861. The lowest BCUT2D eigenvalue weighted by Gasteiger charge is -2.08. The van der Waals surface area contributed by atoms with E-state index >= 15 is 0 Å². The number of rotatable bonds is 4. The molecule has 2 N–H and O–H groups in total. The molecule has 1 heterocycles. The van der Waals surface area contributed by atoms with Gasteiger partial charge in [-0.1, -0.05) is 23.2 Å². The van der Waals surface area contributed by atoms with Crippen LogP contribution in [0.2, 0.25) is 10.0 Å². The van der Waals surface area contributed by atoms with E-state index in [-0.39, 0.29) is 20.5 Å². The second-order valence-electron chi connectivity index (χ2n) is 4.07. The molecule has 112 valence electrons. The fourth-order valence-electron chi connectivity index (χ4n) is 1.61. The predicted octanol–water partition coefficient (Wildman–Crippen LogP) is 3.86. The van der Waals surface area contributed by atoms with Gasteiger partial charge in [0.15, 0.2) is 0 Å². The summed E-state index contributed by atoms with van der Waals surface area (Å²) in [6, 6.07) is 5.43. The number of thiophene rings is 1. The van der Waals surface area contributed by atoms with Crippen LogP contribution in [0.4, 0.5) is 5.69 Å². The van der Waals surface area contributed by atoms with Gasteiger partial charge in [0.2, 0.25) is 0 Å². The average molecular weight is 366 g/mol. The van der Waals surface area contributed by atoms with Crippen molar-refractivity contribution < 1.29 is 18.3 Å². The zero-order valence-electron chi connectivity index (χ0n) is 10.6. The average Bonchev–Trinajstić information content (AvgIpc) is 2.77. The first-order chi connectivity index (χ1) is 9.70. The Morgan fingerprint density at radius 1 is 1.24 bits per heavy atom. The molecule has 21 heavy (non-hydrogen) atoms. The van der Waals surface area contributed by atoms with Crippen molar-refractivity contribution in [1.29, 1.82) is 0 Å². The molecule has 2 aromatic rings. The van der Waals surface area contributed by atoms with Crippen LogP contribution in [0.15, 0.2) is 29.2 Å². The Balaban J connectivity index is 2.38. The lowest BCUT2D eigenvalue weighted by Crippen LogP contribution is -2.13. The fraction of sp³-hybridized carbons (Fsp3) is 0.0833. The largest absolute Gasteiger partial charge is 0.477 e. The minimum absolute atomic E-state index is 0.0398. The van der Waals surface area contributed by atoms with Gasteiger partial charge < -0.3 is 5.11 Å². The van der Waals surface area contributed by atoms with Crippen LogP contribution < -0.4 is 4.72 Å². The first-order valence-electron chi connectivity index (χ1n) is 5.52. The highest BCUT2D eigenvalue weighted by Gasteiger charge is 2.22. The minimum atomic E-state index is -3.89. The number of carboxylic acid groups (broad SMARTS) is 1. The number of sulfonamides is 1. The van der Waals surface area contributed by atoms with Crippen LogP contribution in [-0.2, 0) is 10.0 Å². The Morgan fingerprint density at radius 2 is 1.90 bits per heavy atom. The van der Waals surface area contributed by atoms with Gasteiger partial charge in [0.05, 0.1) is 15.7 Å². The molecule has 0 aliphatic heterocycles. The molecule has 0 bridgehead atoms. The van der Waals surface area contributed by atoms with Gasteiger partial charge in [-0.05, 0) is 31.2 Å². The molecule has 0 unspecified atom stereocenters. The first kappa shape index (κ1) is 16.1. The summed E-state index contributed by atoms with van der Waals surface area (Å²) in [5.74, 6) is -1.17. The molecule has 5 nitrogen and oxygen atoms in total. The van der Waals surface area contributed by atoms with Crippen LogP contribution in [0.25, 0.3) is 0 Å². The van der Waals surface area contributed by atoms with E-state index in [1.165, 1.54) is 18.2 Å². The van der Waals surface area contributed by atoms with Gasteiger partial charge in [-0.25, -0.2) is 13.2 Å². The van der Waals surface area contributed by atoms with Gasteiger partial charge in [0.1, 0.15) is 9.77 Å². The molecule has 0 fully saturated rings. The van der Waals surface area contributed by atoms with E-state index in [1.54, 1.807) is 6.92 Å². The van der Waals surface area contributed by atoms with Gasteiger partial charge in [-0.15, -0.1) is 11.3 Å². The Morgan fingerprint density at radius 3 is 2.43 bits per heavy atom. The van der Waals surface area contributed by atoms with Crippen molar-refractivity contribution in [3.63, 3.8) is 0 Å². The maximum atomic E-state index is 12.3. The number of aryl methyl sites for hydroxylation is 1. The molecule has 0 saturated heterocycles. The van der Waals surface area contributed by atoms with Crippen molar-refractivity contribution in [2.24, 2.45) is 0 Å². The van der Waals surface area contributed by atoms with E-state index in [1.807, 2.05) is 0 Å². The number of anilines is 1. The second kappa shape index (κ2) is 5.84. The third kappa shape index (κ3) is 3.49. The van der Waals surface area contributed by atoms with Crippen LogP contribution in [0.3, 0.4) is 0 Å². The summed E-state index contributed by atoms with van der Waals surface area (Å²) >= 11 is 12.5. The number of benzene rings is 1. The third-order valence-electron chi connectivity index (χ3n) is 2.54. The summed E-state index contributed by atoms with van der Waals surface area (Å²) in [6.07, 6.45) is 0. The number of carboxylic acids is 1. The van der Waals surface area contributed by atoms with Crippen LogP contribution in [0.5, 0.6) is 0 Å².